The molecule has 0 fully saturated rings. The SMILES string of the molecule is CSc1ccccc1-c1cc(F)cc(-n2nnc(-c3ccccn3)n2)c1. The van der Waals surface area contributed by atoms with Crippen LogP contribution in [0, 0.1) is 5.82 Å². The van der Waals surface area contributed by atoms with Gasteiger partial charge in [-0.2, -0.15) is 0 Å². The average molecular weight is 363 g/mol. The summed E-state index contributed by atoms with van der Waals surface area (Å²) in [6.07, 6.45) is 3.66. The molecule has 0 atom stereocenters. The van der Waals surface area contributed by atoms with Gasteiger partial charge in [-0.05, 0) is 52.9 Å². The normalized spacial score (nSPS) is 10.8. The molecule has 2 aromatic carbocycles. The van der Waals surface area contributed by atoms with E-state index in [1.54, 1.807) is 24.0 Å². The lowest BCUT2D eigenvalue weighted by atomic mass is 10.0. The van der Waals surface area contributed by atoms with Crippen LogP contribution in [0.1, 0.15) is 0 Å². The summed E-state index contributed by atoms with van der Waals surface area (Å²) in [6.45, 7) is 0. The van der Waals surface area contributed by atoms with Crippen molar-refractivity contribution >= 4 is 11.8 Å². The molecule has 5 nitrogen and oxygen atoms in total. The molecule has 2 aromatic heterocycles. The number of benzene rings is 2. The van der Waals surface area contributed by atoms with Crippen molar-refractivity contribution in [2.45, 2.75) is 4.90 Å². The van der Waals surface area contributed by atoms with Crippen molar-refractivity contribution in [3.8, 4) is 28.3 Å². The number of tetrazole rings is 1. The Bertz CT molecular complexity index is 1050. The van der Waals surface area contributed by atoms with E-state index >= 15 is 0 Å². The van der Waals surface area contributed by atoms with Gasteiger partial charge in [0.15, 0.2) is 0 Å². The summed E-state index contributed by atoms with van der Waals surface area (Å²) in [6, 6.07) is 18.1. The van der Waals surface area contributed by atoms with Crippen LogP contribution in [0.3, 0.4) is 0 Å². The van der Waals surface area contributed by atoms with E-state index in [1.807, 2.05) is 48.7 Å². The van der Waals surface area contributed by atoms with Gasteiger partial charge in [-0.1, -0.05) is 24.3 Å². The maximum absolute atomic E-state index is 14.3. The number of hydrogen-bond donors (Lipinski definition) is 0. The summed E-state index contributed by atoms with van der Waals surface area (Å²) in [7, 11) is 0. The second kappa shape index (κ2) is 7.05. The maximum atomic E-state index is 14.3. The van der Waals surface area contributed by atoms with E-state index in [4.69, 9.17) is 0 Å². The minimum Gasteiger partial charge on any atom is -0.253 e. The van der Waals surface area contributed by atoms with Gasteiger partial charge >= 0.3 is 0 Å². The lowest BCUT2D eigenvalue weighted by molar-refractivity contribution is 0.621. The zero-order valence-electron chi connectivity index (χ0n) is 13.9. The molecule has 7 heteroatoms. The summed E-state index contributed by atoms with van der Waals surface area (Å²) >= 11 is 1.62. The van der Waals surface area contributed by atoms with Crippen LogP contribution < -0.4 is 0 Å². The fourth-order valence-electron chi connectivity index (χ4n) is 2.65. The number of rotatable bonds is 4. The Hall–Kier alpha value is -3.06. The first-order chi connectivity index (χ1) is 12.7. The Morgan fingerprint density at radius 1 is 1.00 bits per heavy atom. The van der Waals surface area contributed by atoms with Crippen LogP contribution in [0.4, 0.5) is 4.39 Å². The summed E-state index contributed by atoms with van der Waals surface area (Å²) in [4.78, 5) is 6.60. The predicted molar refractivity (Wildman–Crippen MR) is 99.6 cm³/mol. The standard InChI is InChI=1S/C19H14FN5S/c1-26-18-8-3-2-6-16(18)13-10-14(20)12-15(11-13)25-23-19(22-24-25)17-7-4-5-9-21-17/h2-12H,1H3. The fraction of sp³-hybridized carbons (Fsp3) is 0.0526. The Balaban J connectivity index is 1.77. The number of halogens is 1. The van der Waals surface area contributed by atoms with Crippen molar-refractivity contribution in [1.82, 2.24) is 25.2 Å². The third kappa shape index (κ3) is 3.21. The Labute approximate surface area is 153 Å². The number of aromatic nitrogens is 5. The third-order valence-corrected chi connectivity index (χ3v) is 4.63. The van der Waals surface area contributed by atoms with Crippen molar-refractivity contribution in [3.05, 3.63) is 72.7 Å². The molecule has 0 saturated heterocycles. The lowest BCUT2D eigenvalue weighted by Crippen LogP contribution is -2.00. The first-order valence-corrected chi connectivity index (χ1v) is 9.13. The smallest absolute Gasteiger partial charge is 0.223 e. The van der Waals surface area contributed by atoms with Crippen molar-refractivity contribution in [2.24, 2.45) is 0 Å². The summed E-state index contributed by atoms with van der Waals surface area (Å²) in [5.74, 6) is 0.0333. The fourth-order valence-corrected chi connectivity index (χ4v) is 3.27. The summed E-state index contributed by atoms with van der Waals surface area (Å²) in [5, 5.41) is 12.4. The van der Waals surface area contributed by atoms with Gasteiger partial charge < -0.3 is 0 Å². The largest absolute Gasteiger partial charge is 0.253 e. The highest BCUT2D eigenvalue weighted by Crippen LogP contribution is 2.31. The lowest BCUT2D eigenvalue weighted by Gasteiger charge is -2.09. The molecule has 2 heterocycles. The third-order valence-electron chi connectivity index (χ3n) is 3.84. The van der Waals surface area contributed by atoms with Gasteiger partial charge in [-0.15, -0.1) is 26.8 Å². The van der Waals surface area contributed by atoms with Gasteiger partial charge in [0, 0.05) is 17.2 Å². The van der Waals surface area contributed by atoms with Crippen LogP contribution in [0.15, 0.2) is 71.8 Å². The molecule has 0 amide bonds. The van der Waals surface area contributed by atoms with Crippen LogP contribution >= 0.6 is 11.8 Å². The van der Waals surface area contributed by atoms with Gasteiger partial charge in [0.1, 0.15) is 11.5 Å². The van der Waals surface area contributed by atoms with Gasteiger partial charge in [-0.25, -0.2) is 4.39 Å². The molecule has 0 radical (unpaired) electrons. The second-order valence-electron chi connectivity index (χ2n) is 5.52. The first-order valence-electron chi connectivity index (χ1n) is 7.90. The van der Waals surface area contributed by atoms with Gasteiger partial charge in [0.2, 0.25) is 5.82 Å². The number of pyridine rings is 1. The highest BCUT2D eigenvalue weighted by atomic mass is 32.2. The molecule has 128 valence electrons. The minimum absolute atomic E-state index is 0.356. The van der Waals surface area contributed by atoms with Crippen molar-refractivity contribution in [3.63, 3.8) is 0 Å². The molecular formula is C19H14FN5S. The highest BCUT2D eigenvalue weighted by molar-refractivity contribution is 7.98. The molecule has 26 heavy (non-hydrogen) atoms. The molecular weight excluding hydrogens is 349 g/mol. The van der Waals surface area contributed by atoms with Crippen molar-refractivity contribution < 1.29 is 4.39 Å². The molecule has 0 aliphatic heterocycles. The Kier molecular flexibility index (Phi) is 4.45. The van der Waals surface area contributed by atoms with Gasteiger partial charge in [-0.3, -0.25) is 4.98 Å². The zero-order chi connectivity index (χ0) is 17.9. The molecule has 4 aromatic rings. The molecule has 0 N–H and O–H groups in total. The van der Waals surface area contributed by atoms with Crippen LogP contribution in [0.2, 0.25) is 0 Å². The van der Waals surface area contributed by atoms with E-state index in [0.717, 1.165) is 16.0 Å². The van der Waals surface area contributed by atoms with Gasteiger partial charge in [0.05, 0.1) is 5.69 Å². The highest BCUT2D eigenvalue weighted by Gasteiger charge is 2.12. The monoisotopic (exact) mass is 363 g/mol. The predicted octanol–water partition coefficient (Wildman–Crippen LogP) is 4.25. The van der Waals surface area contributed by atoms with Crippen LogP contribution in [0.5, 0.6) is 0 Å². The van der Waals surface area contributed by atoms with E-state index in [2.05, 4.69) is 20.4 Å². The van der Waals surface area contributed by atoms with Crippen LogP contribution in [-0.4, -0.2) is 31.4 Å². The van der Waals surface area contributed by atoms with E-state index < -0.39 is 0 Å². The summed E-state index contributed by atoms with van der Waals surface area (Å²) in [5.41, 5.74) is 2.85. The molecule has 0 aliphatic rings. The molecule has 0 unspecified atom stereocenters. The quantitative estimate of drug-likeness (QED) is 0.507. The van der Waals surface area contributed by atoms with E-state index in [-0.39, 0.29) is 5.82 Å². The van der Waals surface area contributed by atoms with Crippen LogP contribution in [-0.2, 0) is 0 Å². The average Bonchev–Trinajstić information content (AvgIpc) is 3.18. The van der Waals surface area contributed by atoms with E-state index in [0.29, 0.717) is 17.2 Å². The number of hydrogen-bond acceptors (Lipinski definition) is 5. The second-order valence-corrected chi connectivity index (χ2v) is 6.36. The molecule has 0 saturated carbocycles. The Morgan fingerprint density at radius 2 is 1.85 bits per heavy atom. The van der Waals surface area contributed by atoms with E-state index in [1.165, 1.54) is 16.9 Å². The number of nitrogens with zero attached hydrogens (tertiary/aromatic N) is 5. The van der Waals surface area contributed by atoms with E-state index in [9.17, 15) is 4.39 Å². The molecule has 0 spiro atoms. The topological polar surface area (TPSA) is 56.5 Å². The van der Waals surface area contributed by atoms with Crippen molar-refractivity contribution in [2.75, 3.05) is 6.26 Å². The molecule has 0 aliphatic carbocycles. The first kappa shape index (κ1) is 16.4. The van der Waals surface area contributed by atoms with Crippen molar-refractivity contribution in [1.29, 1.82) is 0 Å². The minimum atomic E-state index is -0.356. The van der Waals surface area contributed by atoms with Crippen LogP contribution in [0.25, 0.3) is 28.3 Å². The Morgan fingerprint density at radius 3 is 2.65 bits per heavy atom. The molecule has 4 rings (SSSR count). The molecule has 0 bridgehead atoms. The maximum Gasteiger partial charge on any atom is 0.223 e. The zero-order valence-corrected chi connectivity index (χ0v) is 14.7. The van der Waals surface area contributed by atoms with Gasteiger partial charge in [0.25, 0.3) is 0 Å². The summed E-state index contributed by atoms with van der Waals surface area (Å²) < 4.78 is 14.3. The number of thioether (sulfide) groups is 1.